The average Bonchev–Trinajstić information content (AvgIpc) is 2.27. The molecule has 0 heterocycles. The molecule has 2 atom stereocenters. The first kappa shape index (κ1) is 16.2. The second kappa shape index (κ2) is 5.25. The molecule has 0 unspecified atom stereocenters. The minimum atomic E-state index is -4.55. The Hall–Kier alpha value is -0.880. The van der Waals surface area contributed by atoms with Gasteiger partial charge in [-0.05, 0) is 33.3 Å². The van der Waals surface area contributed by atoms with E-state index in [4.69, 9.17) is 0 Å². The molecule has 0 amide bonds. The lowest BCUT2D eigenvalue weighted by molar-refractivity contribution is -0.189. The Morgan fingerprint density at radius 1 is 1.00 bits per heavy atom. The van der Waals surface area contributed by atoms with Gasteiger partial charge in [0.25, 0.3) is 0 Å². The van der Waals surface area contributed by atoms with Gasteiger partial charge < -0.3 is 0 Å². The molecule has 0 saturated heterocycles. The first-order valence-corrected chi connectivity index (χ1v) is 6.95. The van der Waals surface area contributed by atoms with Crippen molar-refractivity contribution in [3.8, 4) is 0 Å². The molecular formula is C13H18F3NOS. The molecule has 0 aliphatic carbocycles. The van der Waals surface area contributed by atoms with Crippen molar-refractivity contribution < 1.29 is 17.4 Å². The zero-order chi connectivity index (χ0) is 14.9. The summed E-state index contributed by atoms with van der Waals surface area (Å²) in [4.78, 5) is 0. The Bertz CT molecular complexity index is 453. The predicted octanol–water partition coefficient (Wildman–Crippen LogP) is 3.52. The van der Waals surface area contributed by atoms with Crippen molar-refractivity contribution in [1.29, 1.82) is 0 Å². The van der Waals surface area contributed by atoms with Gasteiger partial charge in [0.15, 0.2) is 0 Å². The van der Waals surface area contributed by atoms with Crippen molar-refractivity contribution in [2.45, 2.75) is 44.2 Å². The molecule has 19 heavy (non-hydrogen) atoms. The lowest BCUT2D eigenvalue weighted by atomic mass is 9.93. The zero-order valence-corrected chi connectivity index (χ0v) is 12.2. The lowest BCUT2D eigenvalue weighted by Gasteiger charge is -2.35. The van der Waals surface area contributed by atoms with Crippen molar-refractivity contribution in [2.24, 2.45) is 0 Å². The molecule has 0 radical (unpaired) electrons. The highest BCUT2D eigenvalue weighted by Gasteiger charge is 2.54. The molecule has 0 aliphatic rings. The van der Waals surface area contributed by atoms with Crippen LogP contribution in [0.15, 0.2) is 30.3 Å². The number of nitrogens with one attached hydrogen (secondary N) is 1. The van der Waals surface area contributed by atoms with E-state index in [2.05, 4.69) is 4.72 Å². The minimum absolute atomic E-state index is 0.0418. The number of rotatable bonds is 3. The maximum atomic E-state index is 13.3. The van der Waals surface area contributed by atoms with Crippen LogP contribution in [0.4, 0.5) is 13.2 Å². The summed E-state index contributed by atoms with van der Waals surface area (Å²) >= 11 is 0. The van der Waals surface area contributed by atoms with Crippen LogP contribution in [-0.2, 0) is 16.5 Å². The van der Waals surface area contributed by atoms with Crippen molar-refractivity contribution in [3.63, 3.8) is 0 Å². The second-order valence-corrected chi connectivity index (χ2v) is 7.44. The fourth-order valence-corrected chi connectivity index (χ4v) is 2.30. The van der Waals surface area contributed by atoms with Crippen LogP contribution in [0.3, 0.4) is 0 Å². The summed E-state index contributed by atoms with van der Waals surface area (Å²) in [5, 5.41) is 0. The quantitative estimate of drug-likeness (QED) is 0.907. The van der Waals surface area contributed by atoms with Gasteiger partial charge >= 0.3 is 6.18 Å². The van der Waals surface area contributed by atoms with Crippen LogP contribution in [0, 0.1) is 0 Å². The first-order valence-electron chi connectivity index (χ1n) is 5.80. The van der Waals surface area contributed by atoms with Gasteiger partial charge in [-0.1, -0.05) is 30.3 Å². The van der Waals surface area contributed by atoms with Crippen molar-refractivity contribution in [1.82, 2.24) is 4.72 Å². The highest BCUT2D eigenvalue weighted by Crippen LogP contribution is 2.39. The Labute approximate surface area is 114 Å². The number of alkyl halides is 3. The van der Waals surface area contributed by atoms with Crippen molar-refractivity contribution in [3.05, 3.63) is 35.9 Å². The fourth-order valence-electron chi connectivity index (χ4n) is 1.39. The molecule has 2 nitrogen and oxygen atoms in total. The van der Waals surface area contributed by atoms with E-state index in [1.54, 1.807) is 26.8 Å². The Morgan fingerprint density at radius 3 is 1.84 bits per heavy atom. The van der Waals surface area contributed by atoms with Crippen LogP contribution in [0.1, 0.15) is 33.3 Å². The summed E-state index contributed by atoms with van der Waals surface area (Å²) in [6, 6.07) is 7.45. The first-order chi connectivity index (χ1) is 8.48. The van der Waals surface area contributed by atoms with E-state index in [-0.39, 0.29) is 5.56 Å². The molecule has 1 aromatic rings. The number of hydrogen-bond acceptors (Lipinski definition) is 1. The van der Waals surface area contributed by atoms with Crippen LogP contribution in [-0.4, -0.2) is 15.1 Å². The average molecular weight is 293 g/mol. The highest BCUT2D eigenvalue weighted by molar-refractivity contribution is 7.84. The van der Waals surface area contributed by atoms with Crippen molar-refractivity contribution >= 4 is 11.0 Å². The third-order valence-electron chi connectivity index (χ3n) is 2.77. The van der Waals surface area contributed by atoms with Crippen LogP contribution in [0.5, 0.6) is 0 Å². The molecule has 0 aromatic heterocycles. The van der Waals surface area contributed by atoms with Gasteiger partial charge in [-0.2, -0.15) is 13.2 Å². The van der Waals surface area contributed by atoms with E-state index in [1.165, 1.54) is 24.3 Å². The molecule has 1 aromatic carbocycles. The summed E-state index contributed by atoms with van der Waals surface area (Å²) in [6.45, 7) is 5.87. The molecule has 0 bridgehead atoms. The van der Waals surface area contributed by atoms with E-state index in [9.17, 15) is 17.4 Å². The van der Waals surface area contributed by atoms with E-state index in [0.29, 0.717) is 0 Å². The molecule has 0 fully saturated rings. The van der Waals surface area contributed by atoms with E-state index < -0.39 is 27.4 Å². The van der Waals surface area contributed by atoms with E-state index >= 15 is 0 Å². The molecule has 0 spiro atoms. The van der Waals surface area contributed by atoms with Gasteiger partial charge in [-0.15, -0.1) is 0 Å². The third-order valence-corrected chi connectivity index (χ3v) is 4.48. The fraction of sp³-hybridized carbons (Fsp3) is 0.538. The van der Waals surface area contributed by atoms with E-state index in [0.717, 1.165) is 6.92 Å². The number of hydrogen-bond donors (Lipinski definition) is 1. The predicted molar refractivity (Wildman–Crippen MR) is 70.9 cm³/mol. The summed E-state index contributed by atoms with van der Waals surface area (Å²) in [7, 11) is -1.82. The smallest absolute Gasteiger partial charge is 0.242 e. The van der Waals surface area contributed by atoms with Gasteiger partial charge in [0.2, 0.25) is 0 Å². The topological polar surface area (TPSA) is 29.1 Å². The van der Waals surface area contributed by atoms with Crippen molar-refractivity contribution in [2.75, 3.05) is 0 Å². The third kappa shape index (κ3) is 3.57. The maximum absolute atomic E-state index is 13.3. The van der Waals surface area contributed by atoms with Crippen LogP contribution >= 0.6 is 0 Å². The lowest BCUT2D eigenvalue weighted by Crippen LogP contribution is -2.54. The SMILES string of the molecule is CC(C)(C)[S@](=O)N[C@@](C)(c1ccccc1)C(F)(F)F. The maximum Gasteiger partial charge on any atom is 0.411 e. The molecule has 0 saturated carbocycles. The Kier molecular flexibility index (Phi) is 4.47. The van der Waals surface area contributed by atoms with Crippen LogP contribution in [0.2, 0.25) is 0 Å². The minimum Gasteiger partial charge on any atom is -0.242 e. The zero-order valence-electron chi connectivity index (χ0n) is 11.3. The summed E-state index contributed by atoms with van der Waals surface area (Å²) in [5.41, 5.74) is -2.30. The largest absolute Gasteiger partial charge is 0.411 e. The monoisotopic (exact) mass is 293 g/mol. The second-order valence-electron chi connectivity index (χ2n) is 5.47. The standard InChI is InChI=1S/C13H18F3NOS/c1-11(2,3)19(18)17-12(4,13(14,15)16)10-8-6-5-7-9-10/h5-9,17H,1-4H3/t12-,19-/m0/s1. The summed E-state index contributed by atoms with van der Waals surface area (Å²) in [5.74, 6) is 0. The van der Waals surface area contributed by atoms with Gasteiger partial charge in [0.1, 0.15) is 5.54 Å². The molecular weight excluding hydrogens is 275 g/mol. The number of benzene rings is 1. The molecule has 0 aliphatic heterocycles. The summed E-state index contributed by atoms with van der Waals surface area (Å²) in [6.07, 6.45) is -4.55. The summed E-state index contributed by atoms with van der Waals surface area (Å²) < 4.78 is 53.5. The van der Waals surface area contributed by atoms with Crippen LogP contribution < -0.4 is 4.72 Å². The van der Waals surface area contributed by atoms with Gasteiger partial charge in [0.05, 0.1) is 15.7 Å². The molecule has 1 N–H and O–H groups in total. The molecule has 6 heteroatoms. The van der Waals surface area contributed by atoms with Crippen LogP contribution in [0.25, 0.3) is 0 Å². The number of halogens is 3. The van der Waals surface area contributed by atoms with Gasteiger partial charge in [-0.3, -0.25) is 0 Å². The van der Waals surface area contributed by atoms with Gasteiger partial charge in [0, 0.05) is 0 Å². The normalized spacial score (nSPS) is 17.8. The van der Waals surface area contributed by atoms with E-state index in [1.807, 2.05) is 0 Å². The Morgan fingerprint density at radius 2 is 1.47 bits per heavy atom. The molecule has 108 valence electrons. The molecule has 1 rings (SSSR count). The highest BCUT2D eigenvalue weighted by atomic mass is 32.2. The Balaban J connectivity index is 3.21. The van der Waals surface area contributed by atoms with Gasteiger partial charge in [-0.25, -0.2) is 8.93 Å².